The van der Waals surface area contributed by atoms with Crippen molar-refractivity contribution in [3.8, 4) is 0 Å². The van der Waals surface area contributed by atoms with Crippen LogP contribution in [0.25, 0.3) is 0 Å². The molecule has 0 saturated carbocycles. The van der Waals surface area contributed by atoms with Crippen molar-refractivity contribution in [3.63, 3.8) is 0 Å². The van der Waals surface area contributed by atoms with Gasteiger partial charge in [-0.1, -0.05) is 61.2 Å². The zero-order valence-corrected chi connectivity index (χ0v) is 15.5. The average molecular weight is 361 g/mol. The lowest BCUT2D eigenvalue weighted by Crippen LogP contribution is -2.23. The van der Waals surface area contributed by atoms with Gasteiger partial charge < -0.3 is 4.74 Å². The fraction of sp³-hybridized carbons (Fsp3) is 0.350. The lowest BCUT2D eigenvalue weighted by atomic mass is 10.2. The largest absolute Gasteiger partial charge is 0.458 e. The molecule has 1 saturated heterocycles. The van der Waals surface area contributed by atoms with E-state index in [1.165, 1.54) is 17.9 Å². The Balaban J connectivity index is 1.83. The quantitative estimate of drug-likeness (QED) is 0.353. The van der Waals surface area contributed by atoms with Crippen LogP contribution in [-0.2, 0) is 16.1 Å². The maximum absolute atomic E-state index is 11.9. The van der Waals surface area contributed by atoms with E-state index >= 15 is 0 Å². The van der Waals surface area contributed by atoms with Crippen molar-refractivity contribution in [3.05, 3.63) is 72.9 Å². The van der Waals surface area contributed by atoms with E-state index < -0.39 is 0 Å². The highest BCUT2D eigenvalue weighted by atomic mass is 32.2. The second-order valence-corrected chi connectivity index (χ2v) is 8.74. The van der Waals surface area contributed by atoms with Crippen LogP contribution in [0.2, 0.25) is 0 Å². The Labute approximate surface area is 153 Å². The van der Waals surface area contributed by atoms with Crippen molar-refractivity contribution >= 4 is 29.5 Å². The van der Waals surface area contributed by atoms with Crippen LogP contribution in [-0.4, -0.2) is 21.6 Å². The van der Waals surface area contributed by atoms with Crippen LogP contribution in [0.5, 0.6) is 0 Å². The van der Waals surface area contributed by atoms with Crippen LogP contribution in [0.15, 0.2) is 67.3 Å². The van der Waals surface area contributed by atoms with Crippen molar-refractivity contribution in [1.82, 2.24) is 0 Å². The summed E-state index contributed by atoms with van der Waals surface area (Å²) in [4.78, 5) is 11.9. The normalized spacial score (nSPS) is 17.2. The summed E-state index contributed by atoms with van der Waals surface area (Å²) in [5.41, 5.74) is 1.00. The minimum Gasteiger partial charge on any atom is -0.458 e. The summed E-state index contributed by atoms with van der Waals surface area (Å²) in [6, 6.07) is 9.74. The summed E-state index contributed by atoms with van der Waals surface area (Å²) in [5.74, 6) is 2.09. The molecule has 0 unspecified atom stereocenters. The van der Waals surface area contributed by atoms with Crippen molar-refractivity contribution < 1.29 is 9.53 Å². The molecule has 0 spiro atoms. The Bertz CT molecular complexity index is 573. The molecule has 1 heterocycles. The second kappa shape index (κ2) is 10.5. The van der Waals surface area contributed by atoms with Gasteiger partial charge in [0, 0.05) is 6.08 Å². The van der Waals surface area contributed by atoms with Crippen LogP contribution in [0.3, 0.4) is 0 Å². The van der Waals surface area contributed by atoms with Gasteiger partial charge in [0.2, 0.25) is 0 Å². The second-order valence-electron chi connectivity index (χ2n) is 5.53. The highest BCUT2D eigenvalue weighted by Crippen LogP contribution is 2.47. The predicted octanol–water partition coefficient (Wildman–Crippen LogP) is 5.37. The predicted molar refractivity (Wildman–Crippen MR) is 106 cm³/mol. The maximum Gasteiger partial charge on any atom is 0.330 e. The average Bonchev–Trinajstić information content (AvgIpc) is 2.62. The lowest BCUT2D eigenvalue weighted by molar-refractivity contribution is -0.139. The van der Waals surface area contributed by atoms with Gasteiger partial charge in [0.25, 0.3) is 0 Å². The fourth-order valence-corrected chi connectivity index (χ4v) is 5.59. The van der Waals surface area contributed by atoms with E-state index in [-0.39, 0.29) is 10.0 Å². The molecule has 1 aromatic rings. The Hall–Kier alpha value is -1.39. The molecule has 0 atom stereocenters. The third-order valence-electron chi connectivity index (χ3n) is 3.63. The van der Waals surface area contributed by atoms with E-state index in [1.807, 2.05) is 72.1 Å². The van der Waals surface area contributed by atoms with Crippen LogP contribution in [0.1, 0.15) is 24.8 Å². The van der Waals surface area contributed by atoms with E-state index in [4.69, 9.17) is 4.74 Å². The molecule has 1 aromatic carbocycles. The third-order valence-corrected chi connectivity index (χ3v) is 7.04. The van der Waals surface area contributed by atoms with Gasteiger partial charge in [-0.05, 0) is 36.3 Å². The number of thioether (sulfide) groups is 2. The zero-order valence-electron chi connectivity index (χ0n) is 13.9. The maximum atomic E-state index is 11.9. The van der Waals surface area contributed by atoms with E-state index in [9.17, 15) is 4.79 Å². The van der Waals surface area contributed by atoms with E-state index in [1.54, 1.807) is 6.08 Å². The number of rotatable bonds is 8. The number of hydrogen-bond acceptors (Lipinski definition) is 4. The Morgan fingerprint density at radius 1 is 1.17 bits per heavy atom. The third kappa shape index (κ3) is 6.62. The van der Waals surface area contributed by atoms with Gasteiger partial charge >= 0.3 is 5.97 Å². The Morgan fingerprint density at radius 2 is 1.88 bits per heavy atom. The van der Waals surface area contributed by atoms with Gasteiger partial charge in [-0.2, -0.15) is 0 Å². The SMILES string of the molecule is C=C/C=C/CC1(C/C=C/C(=O)OCc2ccccc2)SCCCS1. The first kappa shape index (κ1) is 18.9. The Morgan fingerprint density at radius 3 is 2.58 bits per heavy atom. The molecule has 4 heteroatoms. The molecule has 0 radical (unpaired) electrons. The molecule has 2 rings (SSSR count). The highest BCUT2D eigenvalue weighted by Gasteiger charge is 2.31. The van der Waals surface area contributed by atoms with Crippen molar-refractivity contribution in [2.75, 3.05) is 11.5 Å². The number of allylic oxidation sites excluding steroid dienone is 4. The topological polar surface area (TPSA) is 26.3 Å². The molecule has 0 aromatic heterocycles. The first-order valence-corrected chi connectivity index (χ1v) is 10.1. The highest BCUT2D eigenvalue weighted by molar-refractivity contribution is 8.18. The summed E-state index contributed by atoms with van der Waals surface area (Å²) < 4.78 is 5.42. The number of esters is 1. The minimum atomic E-state index is -0.276. The number of benzene rings is 1. The number of ether oxygens (including phenoxy) is 1. The lowest BCUT2D eigenvalue weighted by Gasteiger charge is -2.34. The van der Waals surface area contributed by atoms with Crippen LogP contribution in [0.4, 0.5) is 0 Å². The van der Waals surface area contributed by atoms with Gasteiger partial charge in [0.15, 0.2) is 0 Å². The number of hydrogen-bond donors (Lipinski definition) is 0. The molecule has 0 amide bonds. The molecule has 128 valence electrons. The summed E-state index contributed by atoms with van der Waals surface area (Å²) >= 11 is 3.99. The molecular weight excluding hydrogens is 336 g/mol. The number of carbonyl (C=O) groups is 1. The molecule has 0 N–H and O–H groups in total. The first-order chi connectivity index (χ1) is 11.7. The molecule has 24 heavy (non-hydrogen) atoms. The van der Waals surface area contributed by atoms with Crippen LogP contribution in [0, 0.1) is 0 Å². The summed E-state index contributed by atoms with van der Waals surface area (Å²) in [6.07, 6.45) is 12.6. The van der Waals surface area contributed by atoms with Crippen LogP contribution < -0.4 is 0 Å². The number of carbonyl (C=O) groups excluding carboxylic acids is 1. The summed E-state index contributed by atoms with van der Waals surface area (Å²) in [7, 11) is 0. The van der Waals surface area contributed by atoms with E-state index in [0.717, 1.165) is 18.4 Å². The first-order valence-electron chi connectivity index (χ1n) is 8.17. The monoisotopic (exact) mass is 360 g/mol. The van der Waals surface area contributed by atoms with Gasteiger partial charge in [-0.3, -0.25) is 0 Å². The van der Waals surface area contributed by atoms with Crippen LogP contribution >= 0.6 is 23.5 Å². The van der Waals surface area contributed by atoms with Gasteiger partial charge in [0.1, 0.15) is 6.61 Å². The summed E-state index contributed by atoms with van der Waals surface area (Å²) in [6.45, 7) is 4.04. The zero-order chi connectivity index (χ0) is 17.1. The minimum absolute atomic E-state index is 0.133. The van der Waals surface area contributed by atoms with Crippen molar-refractivity contribution in [1.29, 1.82) is 0 Å². The van der Waals surface area contributed by atoms with Gasteiger partial charge in [-0.25, -0.2) is 4.79 Å². The van der Waals surface area contributed by atoms with Crippen molar-refractivity contribution in [2.45, 2.75) is 29.9 Å². The molecule has 1 aliphatic rings. The standard InChI is InChI=1S/C20H24O2S2/c1-2-3-7-13-20(23-15-9-16-24-20)14-8-12-19(21)22-17-18-10-5-4-6-11-18/h2-8,10-12H,1,9,13-17H2/b7-3+,12-8+. The molecule has 2 nitrogen and oxygen atoms in total. The van der Waals surface area contributed by atoms with E-state index in [0.29, 0.717) is 6.61 Å². The molecule has 1 fully saturated rings. The van der Waals surface area contributed by atoms with Gasteiger partial charge in [-0.15, -0.1) is 23.5 Å². The van der Waals surface area contributed by atoms with E-state index in [2.05, 4.69) is 12.7 Å². The molecule has 0 aliphatic carbocycles. The molecule has 1 aliphatic heterocycles. The summed E-state index contributed by atoms with van der Waals surface area (Å²) in [5, 5.41) is 0. The molecular formula is C20H24O2S2. The fourth-order valence-electron chi connectivity index (χ4n) is 2.39. The molecule has 0 bridgehead atoms. The van der Waals surface area contributed by atoms with Gasteiger partial charge in [0.05, 0.1) is 4.08 Å². The Kier molecular flexibility index (Phi) is 8.26. The smallest absolute Gasteiger partial charge is 0.330 e. The van der Waals surface area contributed by atoms with Crippen molar-refractivity contribution in [2.24, 2.45) is 0 Å².